The third kappa shape index (κ3) is 4.56. The SMILES string of the molecule is CCCN(C[C@H]1COc2ccccc2O1)C(=S)Nc1ccc(F)c(Cl)c1. The lowest BCUT2D eigenvalue weighted by Crippen LogP contribution is -2.45. The standard InChI is InChI=1S/C19H20ClFN2O2S/c1-2-9-23(19(26)22-13-7-8-16(21)15(20)10-13)11-14-12-24-17-5-3-4-6-18(17)25-14/h3-8,10,14H,2,9,11-12H2,1H3,(H,22,26)/t14-/m0/s1. The van der Waals surface area contributed by atoms with Crippen molar-refractivity contribution >= 4 is 34.6 Å². The van der Waals surface area contributed by atoms with Gasteiger partial charge >= 0.3 is 0 Å². The fraction of sp³-hybridized carbons (Fsp3) is 0.316. The Morgan fingerprint density at radius 3 is 2.81 bits per heavy atom. The Hall–Kier alpha value is -2.05. The summed E-state index contributed by atoms with van der Waals surface area (Å²) >= 11 is 11.4. The minimum atomic E-state index is -0.458. The first-order chi connectivity index (χ1) is 12.6. The molecule has 0 saturated heterocycles. The molecule has 0 aromatic heterocycles. The van der Waals surface area contributed by atoms with Crippen molar-refractivity contribution in [2.24, 2.45) is 0 Å². The molecule has 0 aliphatic carbocycles. The number of rotatable bonds is 5. The van der Waals surface area contributed by atoms with Crippen molar-refractivity contribution < 1.29 is 13.9 Å². The molecule has 4 nitrogen and oxygen atoms in total. The summed E-state index contributed by atoms with van der Waals surface area (Å²) in [5, 5.41) is 3.71. The van der Waals surface area contributed by atoms with Crippen LogP contribution in [0, 0.1) is 5.82 Å². The van der Waals surface area contributed by atoms with Crippen molar-refractivity contribution in [3.05, 3.63) is 53.3 Å². The van der Waals surface area contributed by atoms with Gasteiger partial charge in [0.2, 0.25) is 0 Å². The fourth-order valence-corrected chi connectivity index (χ4v) is 3.19. The second-order valence-corrected chi connectivity index (χ2v) is 6.80. The van der Waals surface area contributed by atoms with Crippen molar-refractivity contribution in [2.75, 3.05) is 25.0 Å². The average Bonchev–Trinajstić information content (AvgIpc) is 2.64. The number of halogens is 2. The number of nitrogens with one attached hydrogen (secondary N) is 1. The van der Waals surface area contributed by atoms with Crippen LogP contribution in [0.2, 0.25) is 5.02 Å². The molecule has 0 fully saturated rings. The van der Waals surface area contributed by atoms with Crippen LogP contribution in [0.15, 0.2) is 42.5 Å². The van der Waals surface area contributed by atoms with E-state index < -0.39 is 5.82 Å². The number of hydrogen-bond acceptors (Lipinski definition) is 3. The second-order valence-electron chi connectivity index (χ2n) is 6.00. The number of anilines is 1. The van der Waals surface area contributed by atoms with Gasteiger partial charge in [-0.25, -0.2) is 4.39 Å². The highest BCUT2D eigenvalue weighted by molar-refractivity contribution is 7.80. The quantitative estimate of drug-likeness (QED) is 0.741. The van der Waals surface area contributed by atoms with Crippen LogP contribution >= 0.6 is 23.8 Å². The van der Waals surface area contributed by atoms with E-state index in [1.54, 1.807) is 6.07 Å². The van der Waals surface area contributed by atoms with E-state index in [0.717, 1.165) is 24.5 Å². The average molecular weight is 395 g/mol. The molecular formula is C19H20ClFN2O2S. The summed E-state index contributed by atoms with van der Waals surface area (Å²) in [4.78, 5) is 2.02. The smallest absolute Gasteiger partial charge is 0.173 e. The van der Waals surface area contributed by atoms with Gasteiger partial charge in [-0.1, -0.05) is 30.7 Å². The third-order valence-corrected chi connectivity index (χ3v) is 4.59. The van der Waals surface area contributed by atoms with E-state index in [2.05, 4.69) is 12.2 Å². The summed E-state index contributed by atoms with van der Waals surface area (Å²) in [5.74, 6) is 1.04. The maximum Gasteiger partial charge on any atom is 0.173 e. The molecule has 138 valence electrons. The molecule has 1 aliphatic rings. The third-order valence-electron chi connectivity index (χ3n) is 3.94. The lowest BCUT2D eigenvalue weighted by molar-refractivity contribution is 0.0746. The summed E-state index contributed by atoms with van der Waals surface area (Å²) in [5.41, 5.74) is 0.647. The van der Waals surface area contributed by atoms with E-state index in [1.807, 2.05) is 29.2 Å². The van der Waals surface area contributed by atoms with E-state index >= 15 is 0 Å². The number of thiocarbonyl (C=S) groups is 1. The number of benzene rings is 2. The second kappa shape index (κ2) is 8.56. The van der Waals surface area contributed by atoms with Crippen molar-refractivity contribution in [3.8, 4) is 11.5 Å². The Bertz CT molecular complexity index is 790. The first kappa shape index (κ1) is 18.7. The van der Waals surface area contributed by atoms with E-state index in [0.29, 0.717) is 24.0 Å². The van der Waals surface area contributed by atoms with Gasteiger partial charge in [0.05, 0.1) is 11.6 Å². The Morgan fingerprint density at radius 2 is 2.08 bits per heavy atom. The Labute approximate surface area is 162 Å². The van der Waals surface area contributed by atoms with Gasteiger partial charge in [0.15, 0.2) is 22.7 Å². The minimum absolute atomic E-state index is 0.0560. The van der Waals surface area contributed by atoms with Gasteiger partial charge in [-0.3, -0.25) is 0 Å². The molecule has 1 aliphatic heterocycles. The van der Waals surface area contributed by atoms with E-state index in [9.17, 15) is 4.39 Å². The molecule has 26 heavy (non-hydrogen) atoms. The van der Waals surface area contributed by atoms with Crippen LogP contribution in [0.25, 0.3) is 0 Å². The Kier molecular flexibility index (Phi) is 6.16. The maximum absolute atomic E-state index is 13.3. The highest BCUT2D eigenvalue weighted by atomic mass is 35.5. The number of ether oxygens (including phenoxy) is 2. The molecule has 0 spiro atoms. The highest BCUT2D eigenvalue weighted by Gasteiger charge is 2.24. The molecule has 1 N–H and O–H groups in total. The number of para-hydroxylation sites is 2. The van der Waals surface area contributed by atoms with E-state index in [1.165, 1.54) is 12.1 Å². The van der Waals surface area contributed by atoms with Crippen LogP contribution in [-0.4, -0.2) is 35.8 Å². The molecule has 0 saturated carbocycles. The van der Waals surface area contributed by atoms with Crippen LogP contribution in [0.5, 0.6) is 11.5 Å². The van der Waals surface area contributed by atoms with Gasteiger partial charge in [0.25, 0.3) is 0 Å². The predicted octanol–water partition coefficient (Wildman–Crippen LogP) is 4.73. The van der Waals surface area contributed by atoms with Gasteiger partial charge < -0.3 is 19.7 Å². The van der Waals surface area contributed by atoms with Crippen LogP contribution in [-0.2, 0) is 0 Å². The highest BCUT2D eigenvalue weighted by Crippen LogP contribution is 2.31. The largest absolute Gasteiger partial charge is 0.486 e. The number of fused-ring (bicyclic) bond motifs is 1. The minimum Gasteiger partial charge on any atom is -0.486 e. The molecule has 0 radical (unpaired) electrons. The van der Waals surface area contributed by atoms with Crippen LogP contribution in [0.1, 0.15) is 13.3 Å². The van der Waals surface area contributed by atoms with E-state index in [4.69, 9.17) is 33.3 Å². The zero-order valence-corrected chi connectivity index (χ0v) is 15.9. The fourth-order valence-electron chi connectivity index (χ4n) is 2.72. The van der Waals surface area contributed by atoms with Crippen LogP contribution in [0.3, 0.4) is 0 Å². The monoisotopic (exact) mass is 394 g/mol. The lowest BCUT2D eigenvalue weighted by Gasteiger charge is -2.32. The first-order valence-electron chi connectivity index (χ1n) is 8.46. The van der Waals surface area contributed by atoms with Gasteiger partial charge in [-0.05, 0) is 49.0 Å². The van der Waals surface area contributed by atoms with E-state index in [-0.39, 0.29) is 11.1 Å². The molecule has 0 unspecified atom stereocenters. The molecule has 2 aromatic carbocycles. The first-order valence-corrected chi connectivity index (χ1v) is 9.25. The molecule has 1 atom stereocenters. The maximum atomic E-state index is 13.3. The molecule has 2 aromatic rings. The number of nitrogens with zero attached hydrogens (tertiary/aromatic N) is 1. The van der Waals surface area contributed by atoms with Gasteiger partial charge in [0, 0.05) is 12.2 Å². The summed E-state index contributed by atoms with van der Waals surface area (Å²) in [6.45, 7) is 3.89. The molecular weight excluding hydrogens is 375 g/mol. The van der Waals surface area contributed by atoms with Gasteiger partial charge in [-0.15, -0.1) is 0 Å². The zero-order valence-electron chi connectivity index (χ0n) is 14.4. The summed E-state index contributed by atoms with van der Waals surface area (Å²) < 4.78 is 25.1. The van der Waals surface area contributed by atoms with Crippen molar-refractivity contribution in [2.45, 2.75) is 19.4 Å². The predicted molar refractivity (Wildman–Crippen MR) is 106 cm³/mol. The normalized spacial score (nSPS) is 15.4. The summed E-state index contributed by atoms with van der Waals surface area (Å²) in [6.07, 6.45) is 0.795. The Morgan fingerprint density at radius 1 is 1.31 bits per heavy atom. The van der Waals surface area contributed by atoms with Gasteiger partial charge in [0.1, 0.15) is 12.4 Å². The van der Waals surface area contributed by atoms with Crippen molar-refractivity contribution in [3.63, 3.8) is 0 Å². The topological polar surface area (TPSA) is 33.7 Å². The molecule has 3 rings (SSSR count). The summed E-state index contributed by atoms with van der Waals surface area (Å²) in [7, 11) is 0. The number of hydrogen-bond donors (Lipinski definition) is 1. The molecule has 1 heterocycles. The van der Waals surface area contributed by atoms with Crippen molar-refractivity contribution in [1.82, 2.24) is 4.90 Å². The van der Waals surface area contributed by atoms with Gasteiger partial charge in [-0.2, -0.15) is 0 Å². The molecule has 0 amide bonds. The zero-order chi connectivity index (χ0) is 18.5. The molecule has 0 bridgehead atoms. The van der Waals surface area contributed by atoms with Crippen LogP contribution < -0.4 is 14.8 Å². The summed E-state index contributed by atoms with van der Waals surface area (Å²) in [6, 6.07) is 12.0. The Balaban J connectivity index is 1.65. The molecule has 7 heteroatoms. The lowest BCUT2D eigenvalue weighted by atomic mass is 10.2. The van der Waals surface area contributed by atoms with Crippen LogP contribution in [0.4, 0.5) is 10.1 Å². The van der Waals surface area contributed by atoms with Crippen molar-refractivity contribution in [1.29, 1.82) is 0 Å².